The Morgan fingerprint density at radius 2 is 0.885 bits per heavy atom. The first-order valence-corrected chi connectivity index (χ1v) is 17.1. The molecule has 0 aromatic heterocycles. The van der Waals surface area contributed by atoms with Crippen molar-refractivity contribution in [3.63, 3.8) is 0 Å². The van der Waals surface area contributed by atoms with Crippen molar-refractivity contribution in [2.24, 2.45) is 17.8 Å². The largest absolute Gasteiger partial charge is 3.00 e. The maximum atomic E-state index is 4.51. The van der Waals surface area contributed by atoms with Crippen molar-refractivity contribution in [3.8, 4) is 0 Å². The van der Waals surface area contributed by atoms with E-state index in [1.54, 1.807) is 0 Å². The molecular weight excluding hydrogens is 814 g/mol. The molecule has 3 unspecified atom stereocenters. The summed E-state index contributed by atoms with van der Waals surface area (Å²) in [6.45, 7) is 17.6. The van der Waals surface area contributed by atoms with Gasteiger partial charge < -0.3 is 92.5 Å². The average molecular weight is 897 g/mol. The predicted molar refractivity (Wildman–Crippen MR) is 202 cm³/mol. The first kappa shape index (κ1) is 76.8. The van der Waals surface area contributed by atoms with Crippen LogP contribution in [0.3, 0.4) is 0 Å². The molecule has 0 spiro atoms. The zero-order valence-electron chi connectivity index (χ0n) is 31.3. The van der Waals surface area contributed by atoms with Crippen LogP contribution < -0.4 is 21.3 Å². The molecule has 20 heteroatoms. The van der Waals surface area contributed by atoms with Gasteiger partial charge in [0.1, 0.15) is 0 Å². The summed E-state index contributed by atoms with van der Waals surface area (Å²) in [6, 6.07) is 0. The monoisotopic (exact) mass is 894 g/mol. The second-order valence-corrected chi connectivity index (χ2v) is 12.5. The summed E-state index contributed by atoms with van der Waals surface area (Å²) in [5.74, 6) is 2.58. The molecule has 327 valence electrons. The van der Waals surface area contributed by atoms with Gasteiger partial charge in [-0.25, -0.2) is 0 Å². The van der Waals surface area contributed by atoms with Crippen LogP contribution in [0.2, 0.25) is 0 Å². The van der Waals surface area contributed by atoms with Gasteiger partial charge in [0.05, 0.1) is 52.4 Å². The molecular formula is C32H82N9Ni3O8+6. The molecule has 0 amide bonds. The van der Waals surface area contributed by atoms with Crippen molar-refractivity contribution in [2.75, 3.05) is 98.2 Å². The van der Waals surface area contributed by atoms with E-state index >= 15 is 0 Å². The van der Waals surface area contributed by atoms with E-state index in [0.717, 1.165) is 70.1 Å². The molecule has 3 fully saturated rings. The normalized spacial score (nSPS) is 19.2. The summed E-state index contributed by atoms with van der Waals surface area (Å²) in [4.78, 5) is 0. The topological polar surface area (TPSA) is 408 Å². The fraction of sp³-hybridized carbons (Fsp3) is 0.875. The number of unbranched alkanes of at least 4 members (excludes halogenated alkanes) is 2. The maximum Gasteiger partial charge on any atom is 3.00 e. The Balaban J connectivity index is -0.0000000689. The van der Waals surface area contributed by atoms with Gasteiger partial charge in [0.25, 0.3) is 0 Å². The van der Waals surface area contributed by atoms with E-state index in [-0.39, 0.29) is 99.4 Å². The van der Waals surface area contributed by atoms with E-state index in [4.69, 9.17) is 0 Å². The van der Waals surface area contributed by atoms with Crippen LogP contribution >= 0.6 is 0 Å². The van der Waals surface area contributed by atoms with Gasteiger partial charge in [0, 0.05) is 25.7 Å². The molecule has 4 aliphatic heterocycles. The zero-order chi connectivity index (χ0) is 27.8. The quantitative estimate of drug-likeness (QED) is 0.0743. The zero-order valence-corrected chi connectivity index (χ0v) is 34.2. The molecule has 4 aliphatic rings. The molecule has 4 heterocycles. The molecule has 52 heavy (non-hydrogen) atoms. The van der Waals surface area contributed by atoms with Gasteiger partial charge in [-0.3, -0.25) is 0 Å². The van der Waals surface area contributed by atoms with Crippen molar-refractivity contribution in [3.05, 3.63) is 51.3 Å². The standard InChI is InChI=1S/C16H32N4.C16H28N4.H2N.3Ni.8H2O/c2*1(7-17-11-15-5-3-9-19-13-15)2-8-18-12-16-6-4-10-20-14-16;;;;;;;;;;;;/h15-18H,1-14H2;3,5,13,16-18H,1-2,4,6-12,14H2;1H2;;;;8*1H2/q2*-2;-1;2*+2;+3;;;;;;;;/p+4. The van der Waals surface area contributed by atoms with Crippen molar-refractivity contribution in [1.82, 2.24) is 0 Å². The van der Waals surface area contributed by atoms with E-state index in [1.165, 1.54) is 116 Å². The third-order valence-corrected chi connectivity index (χ3v) is 8.76. The van der Waals surface area contributed by atoms with Gasteiger partial charge in [-0.05, 0) is 42.6 Å². The summed E-state index contributed by atoms with van der Waals surface area (Å²) >= 11 is 0. The Kier molecular flexibility index (Phi) is 81.9. The Hall–Kier alpha value is 0.121. The summed E-state index contributed by atoms with van der Waals surface area (Å²) < 4.78 is 0. The minimum atomic E-state index is 0. The Morgan fingerprint density at radius 3 is 1.17 bits per heavy atom. The van der Waals surface area contributed by atoms with Gasteiger partial charge in [-0.2, -0.15) is 6.20 Å². The van der Waals surface area contributed by atoms with Crippen LogP contribution in [0, 0.1) is 17.8 Å². The molecule has 26 N–H and O–H groups in total. The van der Waals surface area contributed by atoms with Crippen LogP contribution in [0.5, 0.6) is 0 Å². The van der Waals surface area contributed by atoms with Crippen LogP contribution in [-0.2, 0) is 49.5 Å². The van der Waals surface area contributed by atoms with Gasteiger partial charge in [-0.15, -0.1) is 51.9 Å². The molecule has 0 bridgehead atoms. The minimum absolute atomic E-state index is 0. The third-order valence-electron chi connectivity index (χ3n) is 8.76. The number of nitrogens with two attached hydrogens (primary N) is 5. The molecule has 4 rings (SSSR count). The van der Waals surface area contributed by atoms with E-state index < -0.39 is 0 Å². The van der Waals surface area contributed by atoms with Crippen molar-refractivity contribution >= 4 is 0 Å². The number of piperidine rings is 3. The molecule has 0 saturated carbocycles. The fourth-order valence-corrected chi connectivity index (χ4v) is 6.23. The van der Waals surface area contributed by atoms with Gasteiger partial charge >= 0.3 is 49.5 Å². The summed E-state index contributed by atoms with van der Waals surface area (Å²) in [6.07, 6.45) is 19.9. The first-order chi connectivity index (χ1) is 19.9. The molecule has 0 aromatic carbocycles. The second-order valence-electron chi connectivity index (χ2n) is 12.5. The summed E-state index contributed by atoms with van der Waals surface area (Å²) in [7, 11) is 0. The Morgan fingerprint density at radius 1 is 0.538 bits per heavy atom. The van der Waals surface area contributed by atoms with Crippen LogP contribution in [0.4, 0.5) is 0 Å². The van der Waals surface area contributed by atoms with Crippen LogP contribution in [-0.4, -0.2) is 142 Å². The number of hydrogen-bond donors (Lipinski definition) is 4. The predicted octanol–water partition coefficient (Wildman–Crippen LogP) is -4.92. The Labute approximate surface area is 344 Å². The smallest absolute Gasteiger partial charge is 0.693 e. The van der Waals surface area contributed by atoms with Crippen molar-refractivity contribution in [1.29, 1.82) is 0 Å². The molecule has 17 nitrogen and oxygen atoms in total. The van der Waals surface area contributed by atoms with E-state index in [9.17, 15) is 0 Å². The van der Waals surface area contributed by atoms with Gasteiger partial charge in [-0.1, -0.05) is 25.3 Å². The number of rotatable bonds is 18. The second kappa shape index (κ2) is 55.5. The summed E-state index contributed by atoms with van der Waals surface area (Å²) in [5.41, 5.74) is 1.35. The number of nitrogens with zero attached hydrogens (tertiary/aromatic N) is 4. The molecule has 3 saturated heterocycles. The van der Waals surface area contributed by atoms with Gasteiger partial charge in [0.15, 0.2) is 0 Å². The maximum absolute atomic E-state index is 4.51. The fourth-order valence-electron chi connectivity index (χ4n) is 6.23. The average Bonchev–Trinajstić information content (AvgIpc) is 3.02. The third kappa shape index (κ3) is 41.3. The van der Waals surface area contributed by atoms with E-state index in [2.05, 4.69) is 54.7 Å². The number of hydrogen-bond acceptors (Lipinski definition) is 0. The molecule has 3 atom stereocenters. The van der Waals surface area contributed by atoms with Crippen LogP contribution in [0.15, 0.2) is 23.9 Å². The Bertz CT molecular complexity index is 663. The van der Waals surface area contributed by atoms with E-state index in [1.807, 2.05) is 6.20 Å². The number of quaternary nitrogens is 4. The van der Waals surface area contributed by atoms with Crippen LogP contribution in [0.25, 0.3) is 27.4 Å². The molecule has 0 aliphatic carbocycles. The van der Waals surface area contributed by atoms with E-state index in [0.29, 0.717) is 0 Å². The van der Waals surface area contributed by atoms with Gasteiger partial charge in [0.2, 0.25) is 0 Å². The summed E-state index contributed by atoms with van der Waals surface area (Å²) in [5, 5.41) is 27.7. The van der Waals surface area contributed by atoms with Crippen LogP contribution in [0.1, 0.15) is 64.2 Å². The van der Waals surface area contributed by atoms with Crippen molar-refractivity contribution < 1.29 is 115 Å². The molecule has 1 radical (unpaired) electrons. The first-order valence-electron chi connectivity index (χ1n) is 17.1. The minimum Gasteiger partial charge on any atom is -0.693 e. The van der Waals surface area contributed by atoms with Crippen molar-refractivity contribution in [2.45, 2.75) is 64.2 Å². The SMILES string of the molecule is C(CC[NH2+]CC1CCC[N-]C1)C[NH2+]CC1CCC[N-]C1.C1=CC(C[NH2+]CCCC[NH2+]CC2CCC[N-]C2)=C[N-]C1.O.O.O.O.O.O.O.O.[NH2-].[Ni+2].[Ni+2].[Ni+3]. The molecule has 0 aromatic rings.